The number of halogens is 1. The van der Waals surface area contributed by atoms with Gasteiger partial charge in [0.1, 0.15) is 5.54 Å². The fourth-order valence-electron chi connectivity index (χ4n) is 2.32. The molecule has 0 aliphatic carbocycles. The molecule has 0 radical (unpaired) electrons. The Bertz CT molecular complexity index is 425. The molecule has 0 aromatic heterocycles. The molecule has 90 valence electrons. The molecule has 0 amide bonds. The van der Waals surface area contributed by atoms with Gasteiger partial charge in [-0.1, -0.05) is 11.6 Å². The minimum atomic E-state index is -0.484. The minimum Gasteiger partial charge on any atom is -0.366 e. The average Bonchev–Trinajstić information content (AvgIpc) is 2.59. The van der Waals surface area contributed by atoms with Gasteiger partial charge in [-0.15, -0.1) is 0 Å². The molecule has 2 atom stereocenters. The third-order valence-electron chi connectivity index (χ3n) is 3.36. The Morgan fingerprint density at radius 1 is 1.47 bits per heavy atom. The number of anilines is 1. The molecule has 0 saturated carbocycles. The lowest BCUT2D eigenvalue weighted by atomic mass is 9.98. The van der Waals surface area contributed by atoms with E-state index in [1.54, 1.807) is 0 Å². The van der Waals surface area contributed by atoms with Gasteiger partial charge < -0.3 is 10.2 Å². The predicted molar refractivity (Wildman–Crippen MR) is 70.1 cm³/mol. The Labute approximate surface area is 107 Å². The lowest BCUT2D eigenvalue weighted by molar-refractivity contribution is 0.327. The molecule has 1 heterocycles. The van der Waals surface area contributed by atoms with Crippen molar-refractivity contribution in [3.8, 4) is 6.07 Å². The van der Waals surface area contributed by atoms with Gasteiger partial charge in [-0.05, 0) is 38.2 Å². The number of benzene rings is 1. The van der Waals surface area contributed by atoms with E-state index in [9.17, 15) is 5.26 Å². The van der Waals surface area contributed by atoms with Gasteiger partial charge in [-0.25, -0.2) is 0 Å². The highest BCUT2D eigenvalue weighted by molar-refractivity contribution is 6.30. The zero-order valence-electron chi connectivity index (χ0n) is 10.1. The zero-order valence-corrected chi connectivity index (χ0v) is 10.8. The first kappa shape index (κ1) is 12.2. The van der Waals surface area contributed by atoms with Crippen LogP contribution in [0.4, 0.5) is 5.69 Å². The normalized spacial score (nSPS) is 28.9. The van der Waals surface area contributed by atoms with Gasteiger partial charge in [0.05, 0.1) is 6.07 Å². The van der Waals surface area contributed by atoms with Crippen molar-refractivity contribution in [3.63, 3.8) is 0 Å². The molecule has 1 aromatic carbocycles. The summed E-state index contributed by atoms with van der Waals surface area (Å²) in [6, 6.07) is 10.3. The Morgan fingerprint density at radius 2 is 2.12 bits per heavy atom. The molecule has 0 spiro atoms. The molecule has 1 aliphatic rings. The topological polar surface area (TPSA) is 39.1 Å². The average molecular weight is 250 g/mol. The Morgan fingerprint density at radius 3 is 2.59 bits per heavy atom. The molecule has 1 N–H and O–H groups in total. The highest BCUT2D eigenvalue weighted by Crippen LogP contribution is 2.29. The SMILES string of the molecule is CC1CC(C#N)(Nc2ccc(Cl)cc2)CN1C. The second-order valence-corrected chi connectivity index (χ2v) is 5.23. The standard InChI is InChI=1S/C13H16ClN3/c1-10-7-13(8-15,9-17(10)2)16-12-5-3-11(14)4-6-12/h3-6,10,16H,7,9H2,1-2H3. The smallest absolute Gasteiger partial charge is 0.139 e. The van der Waals surface area contributed by atoms with Crippen LogP contribution in [0.2, 0.25) is 5.02 Å². The van der Waals surface area contributed by atoms with Gasteiger partial charge in [0.15, 0.2) is 0 Å². The van der Waals surface area contributed by atoms with E-state index in [-0.39, 0.29) is 0 Å². The van der Waals surface area contributed by atoms with Crippen LogP contribution in [0, 0.1) is 11.3 Å². The Kier molecular flexibility index (Phi) is 3.28. The first-order chi connectivity index (χ1) is 8.04. The molecule has 17 heavy (non-hydrogen) atoms. The van der Waals surface area contributed by atoms with Crippen LogP contribution in [0.5, 0.6) is 0 Å². The van der Waals surface area contributed by atoms with E-state index in [2.05, 4.69) is 23.2 Å². The van der Waals surface area contributed by atoms with Crippen molar-refractivity contribution in [3.05, 3.63) is 29.3 Å². The minimum absolute atomic E-state index is 0.425. The lowest BCUT2D eigenvalue weighted by Crippen LogP contribution is -2.39. The van der Waals surface area contributed by atoms with Crippen LogP contribution >= 0.6 is 11.6 Å². The van der Waals surface area contributed by atoms with Gasteiger partial charge in [0, 0.05) is 29.7 Å². The van der Waals surface area contributed by atoms with Crippen molar-refractivity contribution in [1.82, 2.24) is 4.90 Å². The number of nitrogens with one attached hydrogen (secondary N) is 1. The van der Waals surface area contributed by atoms with Crippen LogP contribution in [0.3, 0.4) is 0 Å². The summed E-state index contributed by atoms with van der Waals surface area (Å²) < 4.78 is 0. The number of likely N-dealkylation sites (N-methyl/N-ethyl adjacent to an activating group) is 1. The Hall–Kier alpha value is -1.24. The maximum Gasteiger partial charge on any atom is 0.139 e. The molecule has 2 rings (SSSR count). The maximum absolute atomic E-state index is 9.40. The molecule has 3 nitrogen and oxygen atoms in total. The summed E-state index contributed by atoms with van der Waals surface area (Å²) in [5.74, 6) is 0. The number of rotatable bonds is 2. The maximum atomic E-state index is 9.40. The van der Waals surface area contributed by atoms with Crippen LogP contribution in [0.25, 0.3) is 0 Å². The highest BCUT2D eigenvalue weighted by atomic mass is 35.5. The number of nitriles is 1. The molecule has 0 bridgehead atoms. The summed E-state index contributed by atoms with van der Waals surface area (Å²) in [6.45, 7) is 2.88. The fraction of sp³-hybridized carbons (Fsp3) is 0.462. The van der Waals surface area contributed by atoms with Gasteiger partial charge in [0.25, 0.3) is 0 Å². The highest BCUT2D eigenvalue weighted by Gasteiger charge is 2.40. The molecule has 2 unspecified atom stereocenters. The summed E-state index contributed by atoms with van der Waals surface area (Å²) in [4.78, 5) is 2.20. The second-order valence-electron chi connectivity index (χ2n) is 4.79. The van der Waals surface area contributed by atoms with E-state index in [1.807, 2.05) is 31.3 Å². The third-order valence-corrected chi connectivity index (χ3v) is 3.61. The lowest BCUT2D eigenvalue weighted by Gasteiger charge is -2.23. The Balaban J connectivity index is 2.16. The summed E-state index contributed by atoms with van der Waals surface area (Å²) >= 11 is 5.84. The first-order valence-electron chi connectivity index (χ1n) is 5.70. The molecule has 1 saturated heterocycles. The van der Waals surface area contributed by atoms with Crippen molar-refractivity contribution in [1.29, 1.82) is 5.26 Å². The van der Waals surface area contributed by atoms with E-state index in [0.29, 0.717) is 11.1 Å². The summed E-state index contributed by atoms with van der Waals surface area (Å²) in [5.41, 5.74) is 0.459. The van der Waals surface area contributed by atoms with Crippen LogP contribution in [0.15, 0.2) is 24.3 Å². The summed E-state index contributed by atoms with van der Waals surface area (Å²) in [7, 11) is 2.05. The van der Waals surface area contributed by atoms with Crippen molar-refractivity contribution in [2.24, 2.45) is 0 Å². The van der Waals surface area contributed by atoms with Crippen molar-refractivity contribution >= 4 is 17.3 Å². The van der Waals surface area contributed by atoms with E-state index < -0.39 is 5.54 Å². The number of nitrogens with zero attached hydrogens (tertiary/aromatic N) is 2. The molecule has 1 fully saturated rings. The monoisotopic (exact) mass is 249 g/mol. The quantitative estimate of drug-likeness (QED) is 0.876. The summed E-state index contributed by atoms with van der Waals surface area (Å²) in [6.07, 6.45) is 0.836. The van der Waals surface area contributed by atoms with Crippen molar-refractivity contribution in [2.75, 3.05) is 18.9 Å². The van der Waals surface area contributed by atoms with E-state index in [1.165, 1.54) is 0 Å². The van der Waals surface area contributed by atoms with Gasteiger partial charge in [-0.2, -0.15) is 5.26 Å². The van der Waals surface area contributed by atoms with Crippen LogP contribution < -0.4 is 5.32 Å². The summed E-state index contributed by atoms with van der Waals surface area (Å²) in [5, 5.41) is 13.4. The molecule has 1 aliphatic heterocycles. The van der Waals surface area contributed by atoms with Crippen molar-refractivity contribution in [2.45, 2.75) is 24.9 Å². The van der Waals surface area contributed by atoms with Crippen molar-refractivity contribution < 1.29 is 0 Å². The van der Waals surface area contributed by atoms with Gasteiger partial charge in [0.2, 0.25) is 0 Å². The van der Waals surface area contributed by atoms with Crippen LogP contribution in [-0.4, -0.2) is 30.1 Å². The number of hydrogen-bond acceptors (Lipinski definition) is 3. The molecular weight excluding hydrogens is 234 g/mol. The van der Waals surface area contributed by atoms with Gasteiger partial charge >= 0.3 is 0 Å². The molecule has 1 aromatic rings. The second kappa shape index (κ2) is 4.56. The largest absolute Gasteiger partial charge is 0.366 e. The number of likely N-dealkylation sites (tertiary alicyclic amines) is 1. The van der Waals surface area contributed by atoms with Gasteiger partial charge in [-0.3, -0.25) is 0 Å². The first-order valence-corrected chi connectivity index (χ1v) is 6.08. The van der Waals surface area contributed by atoms with E-state index in [0.717, 1.165) is 18.7 Å². The molecular formula is C13H16ClN3. The molecule has 4 heteroatoms. The number of hydrogen-bond donors (Lipinski definition) is 1. The third kappa shape index (κ3) is 2.54. The van der Waals surface area contributed by atoms with Crippen LogP contribution in [0.1, 0.15) is 13.3 Å². The van der Waals surface area contributed by atoms with E-state index in [4.69, 9.17) is 11.6 Å². The predicted octanol–water partition coefficient (Wildman–Crippen LogP) is 2.74. The van der Waals surface area contributed by atoms with Crippen LogP contribution in [-0.2, 0) is 0 Å². The zero-order chi connectivity index (χ0) is 12.5. The van der Waals surface area contributed by atoms with E-state index >= 15 is 0 Å². The fourth-order valence-corrected chi connectivity index (χ4v) is 2.44.